The minimum Gasteiger partial charge on any atom is -0.383 e. The molecule has 0 aliphatic rings. The van der Waals surface area contributed by atoms with Crippen LogP contribution in [0, 0.1) is 5.82 Å². The first-order valence-electron chi connectivity index (χ1n) is 7.96. The summed E-state index contributed by atoms with van der Waals surface area (Å²) in [4.78, 5) is 5.37. The Hall–Kier alpha value is -2.47. The summed E-state index contributed by atoms with van der Waals surface area (Å²) in [5, 5.41) is 27.7. The lowest BCUT2D eigenvalue weighted by Crippen LogP contribution is -2.35. The number of primary sulfonamides is 1. The van der Waals surface area contributed by atoms with Gasteiger partial charge in [-0.2, -0.15) is 4.80 Å². The third kappa shape index (κ3) is 4.87. The molecule has 0 unspecified atom stereocenters. The first kappa shape index (κ1) is 20.3. The van der Waals surface area contributed by atoms with E-state index in [1.54, 1.807) is 12.1 Å². The number of benzene rings is 1. The van der Waals surface area contributed by atoms with Crippen LogP contribution in [-0.4, -0.2) is 44.5 Å². The number of aliphatic hydroxyl groups is 1. The third-order valence-corrected chi connectivity index (χ3v) is 4.98. The standard InChI is InChI=1S/C16H16ClFN6O3S/c1-16(25,9-28(19,26)27)14-4-2-3-13(20-14)15-21-23-24(22-15)8-10-7-11(17)5-6-12(10)18/h2-7,25H,8-9H2,1H3,(H2,19,26,27)/t16-/m0/s1. The first-order chi connectivity index (χ1) is 13.0. The van der Waals surface area contributed by atoms with Gasteiger partial charge in [-0.05, 0) is 42.5 Å². The lowest BCUT2D eigenvalue weighted by atomic mass is 10.0. The molecule has 0 bridgehead atoms. The van der Waals surface area contributed by atoms with E-state index < -0.39 is 27.2 Å². The molecule has 0 radical (unpaired) electrons. The van der Waals surface area contributed by atoms with Gasteiger partial charge in [0, 0.05) is 10.6 Å². The van der Waals surface area contributed by atoms with Crippen molar-refractivity contribution in [2.75, 3.05) is 5.75 Å². The lowest BCUT2D eigenvalue weighted by molar-refractivity contribution is 0.0773. The van der Waals surface area contributed by atoms with E-state index in [2.05, 4.69) is 20.4 Å². The Bertz CT molecular complexity index is 1120. The number of tetrazole rings is 1. The molecule has 0 aliphatic carbocycles. The van der Waals surface area contributed by atoms with Gasteiger partial charge >= 0.3 is 0 Å². The van der Waals surface area contributed by atoms with Gasteiger partial charge in [0.1, 0.15) is 17.1 Å². The van der Waals surface area contributed by atoms with Gasteiger partial charge in [-0.15, -0.1) is 10.2 Å². The number of aromatic nitrogens is 5. The summed E-state index contributed by atoms with van der Waals surface area (Å²) in [7, 11) is -3.93. The molecule has 3 rings (SSSR count). The molecule has 0 amide bonds. The second kappa shape index (κ2) is 7.51. The van der Waals surface area contributed by atoms with E-state index in [9.17, 15) is 17.9 Å². The van der Waals surface area contributed by atoms with Crippen molar-refractivity contribution >= 4 is 21.6 Å². The van der Waals surface area contributed by atoms with Crippen LogP contribution in [-0.2, 0) is 22.2 Å². The van der Waals surface area contributed by atoms with Crippen molar-refractivity contribution in [3.05, 3.63) is 58.5 Å². The fraction of sp³-hybridized carbons (Fsp3) is 0.250. The van der Waals surface area contributed by atoms with Gasteiger partial charge in [0.25, 0.3) is 0 Å². The van der Waals surface area contributed by atoms with Crippen LogP contribution in [0.3, 0.4) is 0 Å². The van der Waals surface area contributed by atoms with Gasteiger partial charge in [-0.25, -0.2) is 22.9 Å². The Kier molecular flexibility index (Phi) is 5.44. The predicted octanol–water partition coefficient (Wildman–Crippen LogP) is 1.07. The number of halogens is 2. The Balaban J connectivity index is 1.87. The molecule has 12 heteroatoms. The summed E-state index contributed by atoms with van der Waals surface area (Å²) in [5.41, 5.74) is -1.18. The fourth-order valence-corrected chi connectivity index (χ4v) is 3.68. The molecule has 0 saturated heterocycles. The van der Waals surface area contributed by atoms with E-state index in [0.29, 0.717) is 5.02 Å². The SMILES string of the molecule is C[C@](O)(CS(N)(=O)=O)c1cccc(-c2nnn(Cc3cc(Cl)ccc3F)n2)n1. The lowest BCUT2D eigenvalue weighted by Gasteiger charge is -2.21. The van der Waals surface area contributed by atoms with Crippen molar-refractivity contribution < 1.29 is 17.9 Å². The third-order valence-electron chi connectivity index (χ3n) is 3.78. The average Bonchev–Trinajstić information content (AvgIpc) is 3.05. The number of rotatable bonds is 6. The highest BCUT2D eigenvalue weighted by molar-refractivity contribution is 7.89. The number of nitrogens with zero attached hydrogens (tertiary/aromatic N) is 5. The maximum atomic E-state index is 13.9. The van der Waals surface area contributed by atoms with Gasteiger partial charge in [0.05, 0.1) is 18.0 Å². The Labute approximate surface area is 165 Å². The van der Waals surface area contributed by atoms with E-state index in [1.165, 1.54) is 36.0 Å². The zero-order valence-corrected chi connectivity index (χ0v) is 16.2. The number of hydrogen-bond acceptors (Lipinski definition) is 7. The quantitative estimate of drug-likeness (QED) is 0.601. The van der Waals surface area contributed by atoms with Gasteiger partial charge in [0.15, 0.2) is 0 Å². The van der Waals surface area contributed by atoms with Crippen LogP contribution < -0.4 is 5.14 Å². The summed E-state index contributed by atoms with van der Waals surface area (Å²) in [6.45, 7) is 1.29. The first-order valence-corrected chi connectivity index (χ1v) is 10.1. The smallest absolute Gasteiger partial charge is 0.223 e. The number of sulfonamides is 1. The van der Waals surface area contributed by atoms with Gasteiger partial charge in [-0.1, -0.05) is 17.7 Å². The van der Waals surface area contributed by atoms with Crippen LogP contribution in [0.2, 0.25) is 5.02 Å². The Morgan fingerprint density at radius 3 is 2.79 bits per heavy atom. The van der Waals surface area contributed by atoms with Gasteiger partial charge < -0.3 is 5.11 Å². The molecular weight excluding hydrogens is 411 g/mol. The van der Waals surface area contributed by atoms with E-state index in [1.807, 2.05) is 0 Å². The maximum absolute atomic E-state index is 13.9. The molecule has 0 spiro atoms. The fourth-order valence-electron chi connectivity index (χ4n) is 2.55. The Morgan fingerprint density at radius 1 is 1.32 bits per heavy atom. The zero-order chi connectivity index (χ0) is 20.5. The average molecular weight is 427 g/mol. The van der Waals surface area contributed by atoms with Crippen LogP contribution in [0.25, 0.3) is 11.5 Å². The van der Waals surface area contributed by atoms with E-state index in [4.69, 9.17) is 16.7 Å². The second-order valence-electron chi connectivity index (χ2n) is 6.37. The zero-order valence-electron chi connectivity index (χ0n) is 14.6. The van der Waals surface area contributed by atoms with Crippen LogP contribution in [0.1, 0.15) is 18.2 Å². The number of pyridine rings is 1. The minimum absolute atomic E-state index is 0.00220. The van der Waals surface area contributed by atoms with Crippen molar-refractivity contribution in [2.45, 2.75) is 19.1 Å². The molecule has 2 aromatic heterocycles. The summed E-state index contributed by atoms with van der Waals surface area (Å²) in [6, 6.07) is 8.73. The summed E-state index contributed by atoms with van der Waals surface area (Å²) in [5.74, 6) is -1.04. The summed E-state index contributed by atoms with van der Waals surface area (Å²) >= 11 is 5.87. The molecule has 0 fully saturated rings. The summed E-state index contributed by atoms with van der Waals surface area (Å²) < 4.78 is 36.5. The molecule has 1 atom stereocenters. The molecule has 148 valence electrons. The van der Waals surface area contributed by atoms with Gasteiger partial charge in [-0.3, -0.25) is 0 Å². The molecule has 28 heavy (non-hydrogen) atoms. The molecule has 3 aromatic rings. The minimum atomic E-state index is -3.93. The van der Waals surface area contributed by atoms with Crippen molar-refractivity contribution in [3.63, 3.8) is 0 Å². The van der Waals surface area contributed by atoms with E-state index in [-0.39, 0.29) is 29.3 Å². The molecule has 0 saturated carbocycles. The molecule has 0 aliphatic heterocycles. The van der Waals surface area contributed by atoms with Crippen molar-refractivity contribution in [1.82, 2.24) is 25.2 Å². The number of hydrogen-bond donors (Lipinski definition) is 2. The largest absolute Gasteiger partial charge is 0.383 e. The molecule has 9 nitrogen and oxygen atoms in total. The second-order valence-corrected chi connectivity index (χ2v) is 8.42. The maximum Gasteiger partial charge on any atom is 0.223 e. The normalized spacial score (nSPS) is 14.0. The van der Waals surface area contributed by atoms with Crippen molar-refractivity contribution in [3.8, 4) is 11.5 Å². The molecule has 3 N–H and O–H groups in total. The Morgan fingerprint density at radius 2 is 2.07 bits per heavy atom. The van der Waals surface area contributed by atoms with Crippen LogP contribution in [0.15, 0.2) is 36.4 Å². The highest BCUT2D eigenvalue weighted by atomic mass is 35.5. The molecule has 1 aromatic carbocycles. The van der Waals surface area contributed by atoms with Crippen molar-refractivity contribution in [2.24, 2.45) is 5.14 Å². The number of nitrogens with two attached hydrogens (primary N) is 1. The van der Waals surface area contributed by atoms with E-state index >= 15 is 0 Å². The molecular formula is C16H16ClFN6O3S. The van der Waals surface area contributed by atoms with E-state index in [0.717, 1.165) is 0 Å². The monoisotopic (exact) mass is 426 g/mol. The van der Waals surface area contributed by atoms with Crippen LogP contribution in [0.5, 0.6) is 0 Å². The van der Waals surface area contributed by atoms with Crippen molar-refractivity contribution in [1.29, 1.82) is 0 Å². The summed E-state index contributed by atoms with van der Waals surface area (Å²) in [6.07, 6.45) is 0. The predicted molar refractivity (Wildman–Crippen MR) is 99.1 cm³/mol. The topological polar surface area (TPSA) is 137 Å². The molecule has 2 heterocycles. The van der Waals surface area contributed by atoms with Crippen LogP contribution in [0.4, 0.5) is 4.39 Å². The highest BCUT2D eigenvalue weighted by Crippen LogP contribution is 2.22. The highest BCUT2D eigenvalue weighted by Gasteiger charge is 2.30. The van der Waals surface area contributed by atoms with Gasteiger partial charge in [0.2, 0.25) is 15.8 Å². The van der Waals surface area contributed by atoms with Crippen LogP contribution >= 0.6 is 11.6 Å².